The molecule has 0 saturated heterocycles. The monoisotopic (exact) mass is 363 g/mol. The van der Waals surface area contributed by atoms with Gasteiger partial charge in [-0.05, 0) is 58.5 Å². The van der Waals surface area contributed by atoms with E-state index in [1.54, 1.807) is 11.0 Å². The number of benzene rings is 2. The molecule has 138 valence electrons. The van der Waals surface area contributed by atoms with Crippen LogP contribution in [0.4, 0.5) is 0 Å². The van der Waals surface area contributed by atoms with E-state index < -0.39 is 0 Å². The molecule has 1 aliphatic heterocycles. The molecule has 1 unspecified atom stereocenters. The van der Waals surface area contributed by atoms with Gasteiger partial charge in [-0.2, -0.15) is 0 Å². The van der Waals surface area contributed by atoms with Crippen molar-refractivity contribution >= 4 is 5.91 Å². The van der Waals surface area contributed by atoms with E-state index in [1.807, 2.05) is 42.5 Å². The number of carbonyl (C=O) groups is 1. The molecular formula is C20H21N5O2. The van der Waals surface area contributed by atoms with Gasteiger partial charge in [0, 0.05) is 12.1 Å². The second-order valence-corrected chi connectivity index (χ2v) is 6.73. The average molecular weight is 363 g/mol. The number of fused-ring (bicyclic) bond motifs is 1. The van der Waals surface area contributed by atoms with Gasteiger partial charge < -0.3 is 10.1 Å². The molecule has 2 heterocycles. The van der Waals surface area contributed by atoms with Crippen LogP contribution in [0.5, 0.6) is 5.75 Å². The van der Waals surface area contributed by atoms with Gasteiger partial charge in [0.25, 0.3) is 5.91 Å². The minimum atomic E-state index is -0.0533. The van der Waals surface area contributed by atoms with Gasteiger partial charge in [-0.15, -0.1) is 5.10 Å². The lowest BCUT2D eigenvalue weighted by molar-refractivity contribution is 0.0945. The Morgan fingerprint density at radius 2 is 2.04 bits per heavy atom. The molecule has 2 aromatic carbocycles. The molecule has 0 bridgehead atoms. The van der Waals surface area contributed by atoms with E-state index >= 15 is 0 Å². The zero-order valence-corrected chi connectivity index (χ0v) is 14.9. The van der Waals surface area contributed by atoms with Gasteiger partial charge in [0.1, 0.15) is 12.1 Å². The lowest BCUT2D eigenvalue weighted by Gasteiger charge is -2.14. The topological polar surface area (TPSA) is 81.9 Å². The predicted molar refractivity (Wildman–Crippen MR) is 99.4 cm³/mol. The van der Waals surface area contributed by atoms with Gasteiger partial charge in [0.15, 0.2) is 0 Å². The average Bonchev–Trinajstić information content (AvgIpc) is 3.11. The Hall–Kier alpha value is -3.22. The van der Waals surface area contributed by atoms with Gasteiger partial charge >= 0.3 is 0 Å². The maximum atomic E-state index is 12.5. The third-order valence-corrected chi connectivity index (χ3v) is 4.77. The molecule has 1 aliphatic rings. The third-order valence-electron chi connectivity index (χ3n) is 4.77. The zero-order valence-electron chi connectivity index (χ0n) is 14.9. The summed E-state index contributed by atoms with van der Waals surface area (Å²) in [7, 11) is 0. The van der Waals surface area contributed by atoms with E-state index in [2.05, 4.69) is 26.9 Å². The highest BCUT2D eigenvalue weighted by Crippen LogP contribution is 2.26. The summed E-state index contributed by atoms with van der Waals surface area (Å²) in [5, 5.41) is 14.1. The summed E-state index contributed by atoms with van der Waals surface area (Å²) in [5.41, 5.74) is 2.90. The minimum absolute atomic E-state index is 0.0533. The molecule has 0 fully saturated rings. The molecule has 0 radical (unpaired) electrons. The van der Waals surface area contributed by atoms with E-state index in [1.165, 1.54) is 5.56 Å². The van der Waals surface area contributed by atoms with Crippen molar-refractivity contribution in [3.8, 4) is 5.75 Å². The Morgan fingerprint density at radius 1 is 1.19 bits per heavy atom. The van der Waals surface area contributed by atoms with Crippen molar-refractivity contribution in [2.24, 2.45) is 5.92 Å². The summed E-state index contributed by atoms with van der Waals surface area (Å²) in [6.45, 7) is 1.91. The summed E-state index contributed by atoms with van der Waals surface area (Å²) in [6.07, 6.45) is 3.41. The van der Waals surface area contributed by atoms with Crippen LogP contribution in [-0.2, 0) is 13.0 Å². The Morgan fingerprint density at radius 3 is 2.85 bits per heavy atom. The molecule has 1 atom stereocenters. The van der Waals surface area contributed by atoms with Crippen LogP contribution in [0.25, 0.3) is 0 Å². The largest absolute Gasteiger partial charge is 0.493 e. The summed E-state index contributed by atoms with van der Waals surface area (Å²) in [4.78, 5) is 12.5. The number of nitrogens with zero attached hydrogens (tertiary/aromatic N) is 4. The van der Waals surface area contributed by atoms with E-state index in [-0.39, 0.29) is 5.91 Å². The lowest BCUT2D eigenvalue weighted by atomic mass is 9.97. The summed E-state index contributed by atoms with van der Waals surface area (Å²) < 4.78 is 7.44. The Labute approximate surface area is 157 Å². The van der Waals surface area contributed by atoms with Crippen molar-refractivity contribution in [1.29, 1.82) is 0 Å². The molecule has 0 aliphatic carbocycles. The molecule has 7 heteroatoms. The standard InChI is InChI=1S/C20H21N5O2/c26-20(17-7-5-15(6-8-17)13-25-14-22-23-24-25)21-12-16-9-10-27-19-4-2-1-3-18(19)11-16/h1-8,14,16H,9-13H2,(H,21,26). The maximum Gasteiger partial charge on any atom is 0.251 e. The summed E-state index contributed by atoms with van der Waals surface area (Å²) in [5.74, 6) is 1.28. The van der Waals surface area contributed by atoms with Gasteiger partial charge in [0.2, 0.25) is 0 Å². The number of ether oxygens (including phenoxy) is 1. The number of para-hydroxylation sites is 1. The molecule has 3 aromatic rings. The zero-order chi connectivity index (χ0) is 18.5. The number of rotatable bonds is 5. The second kappa shape index (κ2) is 7.99. The summed E-state index contributed by atoms with van der Waals surface area (Å²) >= 11 is 0. The Kier molecular flexibility index (Phi) is 5.09. The Bertz CT molecular complexity index is 893. The van der Waals surface area contributed by atoms with E-state index in [4.69, 9.17) is 4.74 Å². The molecular weight excluding hydrogens is 342 g/mol. The molecule has 1 N–H and O–H groups in total. The van der Waals surface area contributed by atoms with Crippen molar-refractivity contribution in [2.75, 3.05) is 13.2 Å². The lowest BCUT2D eigenvalue weighted by Crippen LogP contribution is -2.30. The SMILES string of the molecule is O=C(NCC1CCOc2ccccc2C1)c1ccc(Cn2cnnn2)cc1. The van der Waals surface area contributed by atoms with Crippen molar-refractivity contribution in [3.63, 3.8) is 0 Å². The van der Waals surface area contributed by atoms with Crippen LogP contribution < -0.4 is 10.1 Å². The van der Waals surface area contributed by atoms with Crippen LogP contribution in [0.15, 0.2) is 54.9 Å². The first kappa shape index (κ1) is 17.2. The fourth-order valence-corrected chi connectivity index (χ4v) is 3.28. The normalized spacial score (nSPS) is 16.1. The molecule has 0 saturated carbocycles. The number of nitrogens with one attached hydrogen (secondary N) is 1. The van der Waals surface area contributed by atoms with Gasteiger partial charge in [-0.1, -0.05) is 30.3 Å². The first-order valence-electron chi connectivity index (χ1n) is 9.06. The van der Waals surface area contributed by atoms with Crippen molar-refractivity contribution in [1.82, 2.24) is 25.5 Å². The van der Waals surface area contributed by atoms with Crippen LogP contribution >= 0.6 is 0 Å². The predicted octanol–water partition coefficient (Wildman–Crippen LogP) is 2.09. The third kappa shape index (κ3) is 4.31. The molecule has 4 rings (SSSR count). The number of hydrogen-bond acceptors (Lipinski definition) is 5. The molecule has 27 heavy (non-hydrogen) atoms. The Balaban J connectivity index is 1.32. The molecule has 1 amide bonds. The van der Waals surface area contributed by atoms with Gasteiger partial charge in [0.05, 0.1) is 13.2 Å². The number of tetrazole rings is 1. The van der Waals surface area contributed by atoms with Crippen molar-refractivity contribution in [2.45, 2.75) is 19.4 Å². The number of aromatic nitrogens is 4. The van der Waals surface area contributed by atoms with E-state index in [0.717, 1.165) is 24.2 Å². The number of carbonyl (C=O) groups excluding carboxylic acids is 1. The van der Waals surface area contributed by atoms with Crippen molar-refractivity contribution < 1.29 is 9.53 Å². The first-order valence-corrected chi connectivity index (χ1v) is 9.06. The molecule has 7 nitrogen and oxygen atoms in total. The van der Waals surface area contributed by atoms with Crippen LogP contribution in [0.1, 0.15) is 27.9 Å². The number of hydrogen-bond donors (Lipinski definition) is 1. The molecule has 0 spiro atoms. The summed E-state index contributed by atoms with van der Waals surface area (Å²) in [6, 6.07) is 15.6. The highest BCUT2D eigenvalue weighted by Gasteiger charge is 2.18. The fourth-order valence-electron chi connectivity index (χ4n) is 3.28. The quantitative estimate of drug-likeness (QED) is 0.751. The van der Waals surface area contributed by atoms with E-state index in [9.17, 15) is 4.79 Å². The van der Waals surface area contributed by atoms with Crippen LogP contribution in [0.2, 0.25) is 0 Å². The number of amides is 1. The first-order chi connectivity index (χ1) is 13.3. The second-order valence-electron chi connectivity index (χ2n) is 6.73. The fraction of sp³-hybridized carbons (Fsp3) is 0.300. The van der Waals surface area contributed by atoms with Gasteiger partial charge in [-0.3, -0.25) is 4.79 Å². The molecule has 1 aromatic heterocycles. The van der Waals surface area contributed by atoms with Crippen molar-refractivity contribution in [3.05, 3.63) is 71.5 Å². The minimum Gasteiger partial charge on any atom is -0.493 e. The maximum absolute atomic E-state index is 12.5. The van der Waals surface area contributed by atoms with Crippen LogP contribution in [-0.4, -0.2) is 39.3 Å². The van der Waals surface area contributed by atoms with E-state index in [0.29, 0.717) is 31.2 Å². The van der Waals surface area contributed by atoms with Crippen LogP contribution in [0, 0.1) is 5.92 Å². The highest BCUT2D eigenvalue weighted by molar-refractivity contribution is 5.94. The van der Waals surface area contributed by atoms with Gasteiger partial charge in [-0.25, -0.2) is 4.68 Å². The smallest absolute Gasteiger partial charge is 0.251 e. The highest BCUT2D eigenvalue weighted by atomic mass is 16.5. The van der Waals surface area contributed by atoms with Crippen LogP contribution in [0.3, 0.4) is 0 Å².